The highest BCUT2D eigenvalue weighted by molar-refractivity contribution is 8.00. The highest BCUT2D eigenvalue weighted by atomic mass is 32.2. The average molecular weight is 1050 g/mol. The molecule has 4 aromatic carbocycles. The molecule has 0 amide bonds. The molecule has 15 nitrogen and oxygen atoms in total. The number of hydrogen-bond acceptors (Lipinski definition) is 14. The van der Waals surface area contributed by atoms with Gasteiger partial charge >= 0.3 is 13.2 Å². The van der Waals surface area contributed by atoms with Gasteiger partial charge in [0.15, 0.2) is 21.5 Å². The van der Waals surface area contributed by atoms with Crippen molar-refractivity contribution >= 4 is 43.7 Å². The third-order valence-electron chi connectivity index (χ3n) is 14.0. The summed E-state index contributed by atoms with van der Waals surface area (Å²) in [5.74, 6) is 1.44. The number of aliphatic hydroxyl groups is 3. The van der Waals surface area contributed by atoms with E-state index in [-0.39, 0.29) is 50.8 Å². The lowest BCUT2D eigenvalue weighted by Crippen LogP contribution is -2.37. The molecule has 4 aromatic heterocycles. The molecular weight excluding hydrogens is 1000 g/mol. The Balaban J connectivity index is 0.000000159. The highest BCUT2D eigenvalue weighted by Gasteiger charge is 2.49. The first-order chi connectivity index (χ1) is 34.9. The van der Waals surface area contributed by atoms with Gasteiger partial charge in [0, 0.05) is 69.0 Å². The summed E-state index contributed by atoms with van der Waals surface area (Å²) in [6.45, 7) is 4.01. The molecule has 4 aliphatic heterocycles. The first-order valence-electron chi connectivity index (χ1n) is 23.9. The Morgan fingerprint density at radius 2 is 1.12 bits per heavy atom. The zero-order valence-corrected chi connectivity index (χ0v) is 42.4. The Morgan fingerprint density at radius 3 is 1.64 bits per heavy atom. The molecule has 8 heterocycles. The fraction of sp³-hybridized carbons (Fsp3) is 0.358. The molecule has 0 aliphatic carbocycles. The van der Waals surface area contributed by atoms with Gasteiger partial charge in [0.2, 0.25) is 0 Å². The number of ether oxygens (including phenoxy) is 2. The molecule has 74 heavy (non-hydrogen) atoms. The predicted octanol–water partition coefficient (Wildman–Crippen LogP) is 9.83. The van der Waals surface area contributed by atoms with E-state index in [9.17, 15) is 41.3 Å². The van der Waals surface area contributed by atoms with Crippen molar-refractivity contribution in [3.63, 3.8) is 0 Å². The van der Waals surface area contributed by atoms with Crippen molar-refractivity contribution in [2.24, 2.45) is 0 Å². The number of alkyl halides is 4. The summed E-state index contributed by atoms with van der Waals surface area (Å²) in [6, 6.07) is 20.1. The summed E-state index contributed by atoms with van der Waals surface area (Å²) < 4.78 is 93.5. The molecule has 0 saturated carbocycles. The molecule has 384 valence electrons. The number of rotatable bonds is 9. The van der Waals surface area contributed by atoms with Gasteiger partial charge in [0.05, 0.1) is 50.4 Å². The monoisotopic (exact) mass is 1050 g/mol. The standard InChI is InChI=1S/C28H28F2N4O3S.C25H22F2N4O4S/c1-27(2,35)23-16-11-19(22-20(37-26(29)30)6-5-7-21(22)38-23)34-18-10-14(8-9-17(18)33-24(16)34)15-12-31-25(32-13-15)28(3,4)36;1-25(2,32)23-28-10-15(11-29-23)13-6-7-16-17(8-13)31-18-9-14(22(31)30-16)12-36(33,34)20-5-3-4-19(21(18)20)35-24(26)27/h5-10,12-13,16,19,23,26,35-36H,11H2,1-4H3;3-8,10-11,14,18,24,32H,9,12H2,1-2H3/t16-,19-,23+;14-,18+/m00/s1. The average Bonchev–Trinajstić information content (AvgIpc) is 4.04. The van der Waals surface area contributed by atoms with Crippen molar-refractivity contribution in [1.29, 1.82) is 0 Å². The van der Waals surface area contributed by atoms with Gasteiger partial charge in [-0.3, -0.25) is 0 Å². The molecule has 0 unspecified atom stereocenters. The Labute approximate surface area is 426 Å². The minimum Gasteiger partial charge on any atom is -0.434 e. The Hall–Kier alpha value is -6.52. The summed E-state index contributed by atoms with van der Waals surface area (Å²) in [5, 5.41) is 31.3. The second kappa shape index (κ2) is 17.8. The summed E-state index contributed by atoms with van der Waals surface area (Å²) >= 11 is 1.50. The van der Waals surface area contributed by atoms with Crippen molar-refractivity contribution in [3.05, 3.63) is 132 Å². The van der Waals surface area contributed by atoms with Gasteiger partial charge in [-0.15, -0.1) is 11.8 Å². The molecule has 8 aromatic rings. The number of aromatic nitrogens is 8. The molecule has 4 aliphatic rings. The van der Waals surface area contributed by atoms with Crippen LogP contribution in [0.4, 0.5) is 17.6 Å². The van der Waals surface area contributed by atoms with Crippen LogP contribution in [0, 0.1) is 0 Å². The molecule has 4 bridgehead atoms. The van der Waals surface area contributed by atoms with E-state index in [0.717, 1.165) is 49.5 Å². The van der Waals surface area contributed by atoms with Crippen LogP contribution in [0.2, 0.25) is 0 Å². The molecule has 0 radical (unpaired) electrons. The van der Waals surface area contributed by atoms with Crippen molar-refractivity contribution in [2.45, 2.75) is 123 Å². The van der Waals surface area contributed by atoms with Crippen LogP contribution in [0.15, 0.2) is 107 Å². The van der Waals surface area contributed by atoms with E-state index in [2.05, 4.69) is 24.5 Å². The van der Waals surface area contributed by atoms with Crippen LogP contribution in [0.1, 0.15) is 113 Å². The topological polar surface area (TPSA) is 200 Å². The van der Waals surface area contributed by atoms with E-state index in [0.29, 0.717) is 41.4 Å². The second-order valence-electron chi connectivity index (χ2n) is 20.7. The molecule has 3 N–H and O–H groups in total. The minimum absolute atomic E-state index is 0.0208. The lowest BCUT2D eigenvalue weighted by Gasteiger charge is -2.32. The van der Waals surface area contributed by atoms with E-state index >= 15 is 0 Å². The maximum Gasteiger partial charge on any atom is 0.387 e. The highest BCUT2D eigenvalue weighted by Crippen LogP contribution is 2.58. The molecule has 21 heteroatoms. The van der Waals surface area contributed by atoms with Gasteiger partial charge in [0.25, 0.3) is 0 Å². The second-order valence-corrected chi connectivity index (χ2v) is 23.9. The number of benzene rings is 4. The number of thioether (sulfide) groups is 1. The zero-order valence-electron chi connectivity index (χ0n) is 40.8. The fourth-order valence-electron chi connectivity index (χ4n) is 10.9. The Morgan fingerprint density at radius 1 is 0.635 bits per heavy atom. The maximum atomic E-state index is 13.4. The van der Waals surface area contributed by atoms with E-state index in [4.69, 9.17) is 19.4 Å². The molecule has 12 rings (SSSR count). The fourth-order valence-corrected chi connectivity index (χ4v) is 14.2. The van der Waals surface area contributed by atoms with Crippen molar-refractivity contribution < 1.29 is 50.8 Å². The third kappa shape index (κ3) is 8.74. The summed E-state index contributed by atoms with van der Waals surface area (Å²) in [5.41, 5.74) is 3.80. The predicted molar refractivity (Wildman–Crippen MR) is 267 cm³/mol. The number of hydrogen-bond donors (Lipinski definition) is 3. The van der Waals surface area contributed by atoms with Gasteiger partial charge in [-0.05, 0) is 114 Å². The van der Waals surface area contributed by atoms with Crippen LogP contribution in [0.25, 0.3) is 44.3 Å². The van der Waals surface area contributed by atoms with E-state index < -0.39 is 45.9 Å². The Bertz CT molecular complexity index is 3610. The van der Waals surface area contributed by atoms with Crippen LogP contribution >= 0.6 is 11.8 Å². The van der Waals surface area contributed by atoms with Crippen LogP contribution in [-0.2, 0) is 21.0 Å². The Kier molecular flexibility index (Phi) is 12.0. The van der Waals surface area contributed by atoms with Gasteiger partial charge in [-0.25, -0.2) is 38.3 Å². The van der Waals surface area contributed by atoms with Gasteiger partial charge in [-0.1, -0.05) is 24.3 Å². The normalized spacial score (nSPS) is 20.6. The molecule has 0 fully saturated rings. The lowest BCUT2D eigenvalue weighted by atomic mass is 9.88. The quantitative estimate of drug-likeness (QED) is 0.115. The van der Waals surface area contributed by atoms with E-state index in [1.165, 1.54) is 30.0 Å². The number of fused-ring (bicyclic) bond motifs is 18. The summed E-state index contributed by atoms with van der Waals surface area (Å²) in [6.07, 6.45) is 7.64. The minimum atomic E-state index is -3.73. The summed E-state index contributed by atoms with van der Waals surface area (Å²) in [4.78, 5) is 27.8. The number of nitrogens with zero attached hydrogens (tertiary/aromatic N) is 8. The van der Waals surface area contributed by atoms with Crippen LogP contribution < -0.4 is 9.47 Å². The van der Waals surface area contributed by atoms with E-state index in [1.54, 1.807) is 78.5 Å². The first-order valence-corrected chi connectivity index (χ1v) is 26.4. The van der Waals surface area contributed by atoms with Gasteiger partial charge in [0.1, 0.15) is 34.3 Å². The van der Waals surface area contributed by atoms with E-state index in [1.807, 2.05) is 47.0 Å². The zero-order chi connectivity index (χ0) is 52.4. The SMILES string of the molecule is CC(C)(O)c1ncc(-c2ccc3nc4n(c3c2)[C@@H]2C[C@H]4CS(=O)(=O)c3cccc(OC(F)F)c32)cn1.CC(C)(O)c1ncc(-c2ccc3nc4n(c3c2)[C@H]2C[C@H]4[C@H](C(C)(C)O)Sc3cccc(OC(F)F)c32)cn1. The number of sulfone groups is 1. The maximum absolute atomic E-state index is 13.4. The molecular formula is C53H50F4N8O7S2. The van der Waals surface area contributed by atoms with Gasteiger partial charge < -0.3 is 33.9 Å². The first kappa shape index (κ1) is 49.7. The molecule has 0 saturated heterocycles. The number of halogens is 4. The van der Waals surface area contributed by atoms with Crippen LogP contribution in [0.3, 0.4) is 0 Å². The molecule has 5 atom stereocenters. The number of imidazole rings is 2. The van der Waals surface area contributed by atoms with Crippen LogP contribution in [0.5, 0.6) is 11.5 Å². The largest absolute Gasteiger partial charge is 0.434 e. The van der Waals surface area contributed by atoms with Crippen molar-refractivity contribution in [2.75, 3.05) is 5.75 Å². The lowest BCUT2D eigenvalue weighted by molar-refractivity contribution is -0.0515. The van der Waals surface area contributed by atoms with Crippen molar-refractivity contribution in [1.82, 2.24) is 39.0 Å². The van der Waals surface area contributed by atoms with Crippen molar-refractivity contribution in [3.8, 4) is 33.8 Å². The summed E-state index contributed by atoms with van der Waals surface area (Å²) in [7, 11) is -3.73. The smallest absolute Gasteiger partial charge is 0.387 e. The molecule has 0 spiro atoms. The van der Waals surface area contributed by atoms with Gasteiger partial charge in [-0.2, -0.15) is 17.6 Å². The third-order valence-corrected chi connectivity index (χ3v) is 17.7. The van der Waals surface area contributed by atoms with Crippen LogP contribution in [-0.4, -0.2) is 92.6 Å².